The Morgan fingerprint density at radius 3 is 1.61 bits per heavy atom. The number of fused-ring (bicyclic) bond motifs is 16. The van der Waals surface area contributed by atoms with Crippen LogP contribution in [0, 0.1) is 29.6 Å². The number of hydrogen-bond donors (Lipinski definition) is 10. The van der Waals surface area contributed by atoms with E-state index in [2.05, 4.69) is 65.0 Å². The van der Waals surface area contributed by atoms with Gasteiger partial charge in [0.2, 0.25) is 5.91 Å². The highest BCUT2D eigenvalue weighted by Crippen LogP contribution is 2.52. The Bertz CT molecular complexity index is 976. The molecule has 10 N–H and O–H groups in total. The average molecular weight is 663 g/mol. The number of rotatable bonds is 9. The number of alkyl carbamates (subject to hydrolysis) is 1. The van der Waals surface area contributed by atoms with Gasteiger partial charge in [-0.1, -0.05) is 0 Å². The summed E-state index contributed by atoms with van der Waals surface area (Å²) in [5.74, 6) is 8.30. The highest BCUT2D eigenvalue weighted by molar-refractivity contribution is 7.80. The first kappa shape index (κ1) is 36.6. The molecule has 2 amide bonds. The number of ether oxygens (including phenoxy) is 1. The van der Waals surface area contributed by atoms with E-state index in [-0.39, 0.29) is 17.5 Å². The lowest BCUT2D eigenvalue weighted by molar-refractivity contribution is -0.120. The van der Waals surface area contributed by atoms with E-state index in [1.165, 1.54) is 0 Å². The van der Waals surface area contributed by atoms with Gasteiger partial charge in [-0.2, -0.15) is 0 Å². The number of carbonyl (C=O) groups is 2. The summed E-state index contributed by atoms with van der Waals surface area (Å²) < 4.78 is 5.53. The number of amides is 2. The molecule has 1 saturated carbocycles. The molecule has 4 fully saturated rings. The summed E-state index contributed by atoms with van der Waals surface area (Å²) in [6, 6.07) is 0. The monoisotopic (exact) mass is 662 g/mol. The Hall–Kier alpha value is -2.25. The van der Waals surface area contributed by atoms with Gasteiger partial charge in [0.25, 0.3) is 0 Å². The molecule has 260 valence electrons. The number of unbranched alkanes of at least 4 members (excludes halogenated alkanes) is 1. The summed E-state index contributed by atoms with van der Waals surface area (Å²) >= 11 is 5.76. The van der Waals surface area contributed by atoms with Crippen LogP contribution in [-0.4, -0.2) is 126 Å². The highest BCUT2D eigenvalue weighted by atomic mass is 32.1. The van der Waals surface area contributed by atoms with Gasteiger partial charge in [-0.05, 0) is 55.7 Å². The fourth-order valence-electron chi connectivity index (χ4n) is 6.94. The Kier molecular flexibility index (Phi) is 15.5. The molecule has 2 bridgehead atoms. The molecule has 3 aliphatic heterocycles. The van der Waals surface area contributed by atoms with E-state index in [1.54, 1.807) is 6.92 Å². The van der Waals surface area contributed by atoms with Crippen molar-refractivity contribution < 1.29 is 14.3 Å². The molecule has 3 saturated heterocycles. The first-order valence-corrected chi connectivity index (χ1v) is 17.8. The van der Waals surface area contributed by atoms with Crippen molar-refractivity contribution in [2.24, 2.45) is 17.8 Å². The van der Waals surface area contributed by atoms with E-state index in [1.807, 2.05) is 0 Å². The van der Waals surface area contributed by atoms with Crippen LogP contribution in [0.25, 0.3) is 0 Å². The smallest absolute Gasteiger partial charge is 0.407 e. The Morgan fingerprint density at radius 1 is 0.717 bits per heavy atom. The summed E-state index contributed by atoms with van der Waals surface area (Å²) in [6.07, 6.45) is 5.61. The van der Waals surface area contributed by atoms with E-state index < -0.39 is 5.54 Å². The fraction of sp³-hybridized carbons (Fsp3) is 0.844. The second-order valence-electron chi connectivity index (χ2n) is 13.3. The zero-order chi connectivity index (χ0) is 32.5. The fourth-order valence-corrected chi connectivity index (χ4v) is 7.26. The van der Waals surface area contributed by atoms with Gasteiger partial charge in [-0.25, -0.2) is 4.79 Å². The summed E-state index contributed by atoms with van der Waals surface area (Å²) in [4.78, 5) is 24.3. The van der Waals surface area contributed by atoms with E-state index in [0.29, 0.717) is 62.2 Å². The van der Waals surface area contributed by atoms with Gasteiger partial charge in [0, 0.05) is 111 Å². The first-order chi connectivity index (χ1) is 22.4. The molecule has 0 radical (unpaired) electrons. The van der Waals surface area contributed by atoms with Crippen LogP contribution in [-0.2, 0) is 9.53 Å². The Morgan fingerprint density at radius 2 is 1.15 bits per heavy atom. The minimum absolute atomic E-state index is 0.0258. The van der Waals surface area contributed by atoms with Crippen molar-refractivity contribution in [1.29, 1.82) is 0 Å². The van der Waals surface area contributed by atoms with Gasteiger partial charge >= 0.3 is 6.09 Å². The van der Waals surface area contributed by atoms with Crippen molar-refractivity contribution in [1.82, 2.24) is 53.2 Å². The topological polar surface area (TPSA) is 164 Å². The van der Waals surface area contributed by atoms with Crippen LogP contribution in [0.1, 0.15) is 45.4 Å². The first-order valence-electron chi connectivity index (χ1n) is 17.4. The maximum absolute atomic E-state index is 12.2. The molecule has 3 heterocycles. The largest absolute Gasteiger partial charge is 0.449 e. The van der Waals surface area contributed by atoms with Crippen LogP contribution in [0.4, 0.5) is 4.79 Å². The molecule has 13 nitrogen and oxygen atoms in total. The lowest BCUT2D eigenvalue weighted by atomic mass is 9.97. The Labute approximate surface area is 280 Å². The summed E-state index contributed by atoms with van der Waals surface area (Å²) in [7, 11) is 0. The molecule has 0 spiro atoms. The molecule has 5 rings (SSSR count). The average Bonchev–Trinajstić information content (AvgIpc) is 3.66. The predicted molar refractivity (Wildman–Crippen MR) is 186 cm³/mol. The zero-order valence-electron chi connectivity index (χ0n) is 27.7. The number of nitrogens with one attached hydrogen (secondary N) is 10. The lowest BCUT2D eigenvalue weighted by Gasteiger charge is -2.39. The van der Waals surface area contributed by atoms with E-state index >= 15 is 0 Å². The van der Waals surface area contributed by atoms with E-state index in [9.17, 15) is 9.59 Å². The maximum atomic E-state index is 12.2. The molecule has 5 aliphatic rings. The van der Waals surface area contributed by atoms with Crippen LogP contribution in [0.5, 0.6) is 0 Å². The van der Waals surface area contributed by atoms with E-state index in [4.69, 9.17) is 17.0 Å². The molecule has 0 aromatic carbocycles. The number of carbonyl (C=O) groups excluding carboxylic acids is 2. The lowest BCUT2D eigenvalue weighted by Crippen LogP contribution is -2.68. The van der Waals surface area contributed by atoms with Gasteiger partial charge in [0.15, 0.2) is 5.11 Å². The maximum Gasteiger partial charge on any atom is 0.407 e. The third-order valence-electron chi connectivity index (χ3n) is 9.44. The SMILES string of the molecule is CC(=O)NC12CNCCNCC(NC(=S)NCCCCNC(=O)OCC3[C@H]4CCC#CCC[C@@H]34)(CNCCNC1)CNCCNC2. The zero-order valence-corrected chi connectivity index (χ0v) is 28.5. The second-order valence-corrected chi connectivity index (χ2v) is 13.7. The van der Waals surface area contributed by atoms with Crippen molar-refractivity contribution in [2.45, 2.75) is 56.5 Å². The van der Waals surface area contributed by atoms with E-state index in [0.717, 1.165) is 97.4 Å². The normalized spacial score (nSPS) is 30.8. The molecular weight excluding hydrogens is 604 g/mol. The molecule has 46 heavy (non-hydrogen) atoms. The van der Waals surface area contributed by atoms with Crippen molar-refractivity contribution in [2.75, 3.05) is 98.2 Å². The van der Waals surface area contributed by atoms with Crippen LogP contribution >= 0.6 is 12.2 Å². The molecule has 0 aromatic rings. The quantitative estimate of drug-likeness (QED) is 0.0798. The molecule has 14 heteroatoms. The van der Waals surface area contributed by atoms with Gasteiger partial charge < -0.3 is 57.9 Å². The van der Waals surface area contributed by atoms with Gasteiger partial charge in [0.1, 0.15) is 0 Å². The van der Waals surface area contributed by atoms with Crippen molar-refractivity contribution >= 4 is 29.3 Å². The molecular formula is C32H58N10O3S. The van der Waals surface area contributed by atoms with Gasteiger partial charge in [-0.15, -0.1) is 11.8 Å². The van der Waals surface area contributed by atoms with Gasteiger partial charge in [-0.3, -0.25) is 4.79 Å². The Balaban J connectivity index is 1.16. The minimum atomic E-state index is -0.410. The van der Waals surface area contributed by atoms with Crippen LogP contribution < -0.4 is 53.2 Å². The van der Waals surface area contributed by atoms with Gasteiger partial charge in [0.05, 0.1) is 17.7 Å². The highest BCUT2D eigenvalue weighted by Gasteiger charge is 2.49. The third kappa shape index (κ3) is 12.7. The van der Waals surface area contributed by atoms with Crippen LogP contribution in [0.2, 0.25) is 0 Å². The summed E-state index contributed by atoms with van der Waals surface area (Å²) in [6.45, 7) is 12.2. The third-order valence-corrected chi connectivity index (χ3v) is 9.69. The molecule has 0 aromatic heterocycles. The van der Waals surface area contributed by atoms with Crippen LogP contribution in [0.15, 0.2) is 0 Å². The number of thiocarbonyl (C=S) groups is 1. The minimum Gasteiger partial charge on any atom is -0.449 e. The predicted octanol–water partition coefficient (Wildman–Crippen LogP) is -1.42. The summed E-state index contributed by atoms with van der Waals surface area (Å²) in [5.41, 5.74) is -0.749. The van der Waals surface area contributed by atoms with Crippen molar-refractivity contribution in [3.63, 3.8) is 0 Å². The van der Waals surface area contributed by atoms with Crippen molar-refractivity contribution in [3.8, 4) is 11.8 Å². The second kappa shape index (κ2) is 19.5. The number of hydrogen-bond acceptors (Lipinski definition) is 10. The molecule has 1 unspecified atom stereocenters. The van der Waals surface area contributed by atoms with Crippen molar-refractivity contribution in [3.05, 3.63) is 0 Å². The molecule has 3 atom stereocenters. The molecule has 2 aliphatic carbocycles. The van der Waals surface area contributed by atoms with Crippen LogP contribution in [0.3, 0.4) is 0 Å². The standard InChI is InChI=1S/C32H58N10O3S/c1-25(43)41-31-19-33-12-15-36-22-32(23-37-16-13-34-20-31,24-38-17-14-35-21-31)42-29(46)39-10-6-7-11-40-30(44)45-18-28-26-8-4-2-3-5-9-27(26)28/h26-28,33-38H,4-24H2,1H3,(H,40,44)(H,41,43)(H2,39,42,46)/t26-,27+,28?,31?,32?. The summed E-state index contributed by atoms with van der Waals surface area (Å²) in [5, 5.41) is 35.2.